The molecule has 0 heterocycles. The van der Waals surface area contributed by atoms with Gasteiger partial charge in [-0.05, 0) is 37.1 Å². The average Bonchev–Trinajstić information content (AvgIpc) is 2.33. The van der Waals surface area contributed by atoms with Gasteiger partial charge in [0.1, 0.15) is 5.75 Å². The summed E-state index contributed by atoms with van der Waals surface area (Å²) in [5, 5.41) is 12.0. The van der Waals surface area contributed by atoms with Crippen LogP contribution in [0, 0.1) is 6.92 Å². The van der Waals surface area contributed by atoms with Crippen LogP contribution in [0.4, 0.5) is 0 Å². The van der Waals surface area contributed by atoms with Crippen LogP contribution in [0.2, 0.25) is 0 Å². The van der Waals surface area contributed by atoms with Crippen LogP contribution in [0.1, 0.15) is 22.3 Å². The summed E-state index contributed by atoms with van der Waals surface area (Å²) in [5.74, 6) is 0.0108. The van der Waals surface area contributed by atoms with Gasteiger partial charge in [0.15, 0.2) is 0 Å². The van der Waals surface area contributed by atoms with E-state index in [0.29, 0.717) is 25.3 Å². The number of rotatable bonds is 7. The molecule has 98 valence electrons. The molecule has 1 rings (SSSR count). The molecule has 0 radical (unpaired) electrons. The number of carbonyl (C=O) groups excluding carboxylic acids is 1. The van der Waals surface area contributed by atoms with Gasteiger partial charge in [0.2, 0.25) is 0 Å². The summed E-state index contributed by atoms with van der Waals surface area (Å²) in [5.41, 5.74) is 1.32. The average molecular weight is 249 g/mol. The van der Waals surface area contributed by atoms with Crippen molar-refractivity contribution in [1.29, 1.82) is 0 Å². The van der Waals surface area contributed by atoms with Crippen LogP contribution < -0.4 is 5.32 Å². The van der Waals surface area contributed by atoms with Crippen molar-refractivity contribution in [2.24, 2.45) is 0 Å². The number of aryl methyl sites for hydroxylation is 1. The fourth-order valence-corrected chi connectivity index (χ4v) is 1.50. The number of phenolic OH excluding ortho intramolecular Hbond substituents is 1. The molecular weight excluding hydrogens is 230 g/mol. The molecular formula is C14H19NO3. The monoisotopic (exact) mass is 249 g/mol. The summed E-state index contributed by atoms with van der Waals surface area (Å²) in [4.78, 5) is 11.8. The summed E-state index contributed by atoms with van der Waals surface area (Å²) in [7, 11) is 0. The smallest absolute Gasteiger partial charge is 0.251 e. The number of aromatic hydroxyl groups is 1. The van der Waals surface area contributed by atoms with Crippen molar-refractivity contribution in [3.8, 4) is 5.75 Å². The Balaban J connectivity index is 2.34. The van der Waals surface area contributed by atoms with Gasteiger partial charge in [-0.25, -0.2) is 0 Å². The number of benzene rings is 1. The summed E-state index contributed by atoms with van der Waals surface area (Å²) in [6.45, 7) is 6.95. The Morgan fingerprint density at radius 2 is 2.28 bits per heavy atom. The lowest BCUT2D eigenvalue weighted by Gasteiger charge is -2.08. The highest BCUT2D eigenvalue weighted by Gasteiger charge is 2.08. The van der Waals surface area contributed by atoms with Crippen molar-refractivity contribution in [3.63, 3.8) is 0 Å². The van der Waals surface area contributed by atoms with E-state index in [4.69, 9.17) is 4.74 Å². The van der Waals surface area contributed by atoms with Gasteiger partial charge in [-0.15, -0.1) is 6.58 Å². The van der Waals surface area contributed by atoms with Crippen molar-refractivity contribution in [2.45, 2.75) is 13.3 Å². The van der Waals surface area contributed by atoms with Crippen LogP contribution in [-0.2, 0) is 4.74 Å². The Hall–Kier alpha value is -1.81. The first-order valence-electron chi connectivity index (χ1n) is 5.91. The van der Waals surface area contributed by atoms with Crippen molar-refractivity contribution in [3.05, 3.63) is 42.0 Å². The van der Waals surface area contributed by atoms with Crippen molar-refractivity contribution in [2.75, 3.05) is 19.8 Å². The third-order valence-electron chi connectivity index (χ3n) is 2.45. The highest BCUT2D eigenvalue weighted by Crippen LogP contribution is 2.15. The number of nitrogens with one attached hydrogen (secondary N) is 1. The molecule has 4 heteroatoms. The number of carbonyl (C=O) groups is 1. The lowest BCUT2D eigenvalue weighted by Crippen LogP contribution is -2.27. The normalized spacial score (nSPS) is 10.1. The predicted molar refractivity (Wildman–Crippen MR) is 70.8 cm³/mol. The lowest BCUT2D eigenvalue weighted by molar-refractivity contribution is 0.0917. The molecule has 0 saturated carbocycles. The van der Waals surface area contributed by atoms with Crippen LogP contribution >= 0.6 is 0 Å². The number of ether oxygens (including phenoxy) is 1. The van der Waals surface area contributed by atoms with Gasteiger partial charge < -0.3 is 15.2 Å². The maximum atomic E-state index is 11.8. The van der Waals surface area contributed by atoms with Crippen LogP contribution in [0.3, 0.4) is 0 Å². The Labute approximate surface area is 107 Å². The minimum Gasteiger partial charge on any atom is -0.508 e. The Morgan fingerprint density at radius 3 is 2.94 bits per heavy atom. The van der Waals surface area contributed by atoms with E-state index in [9.17, 15) is 9.90 Å². The summed E-state index contributed by atoms with van der Waals surface area (Å²) < 4.78 is 5.28. The molecule has 0 aliphatic rings. The van der Waals surface area contributed by atoms with Gasteiger partial charge >= 0.3 is 0 Å². The van der Waals surface area contributed by atoms with Gasteiger partial charge in [-0.1, -0.05) is 6.08 Å². The fourth-order valence-electron chi connectivity index (χ4n) is 1.50. The van der Waals surface area contributed by atoms with Gasteiger partial charge in [-0.2, -0.15) is 0 Å². The Bertz CT molecular complexity index is 416. The molecule has 1 amide bonds. The zero-order chi connectivity index (χ0) is 13.4. The first-order valence-corrected chi connectivity index (χ1v) is 5.91. The van der Waals surface area contributed by atoms with E-state index in [1.54, 1.807) is 25.1 Å². The highest BCUT2D eigenvalue weighted by atomic mass is 16.5. The fraction of sp³-hybridized carbons (Fsp3) is 0.357. The first-order chi connectivity index (χ1) is 8.65. The maximum absolute atomic E-state index is 11.8. The van der Waals surface area contributed by atoms with Crippen LogP contribution in [0.5, 0.6) is 5.75 Å². The summed E-state index contributed by atoms with van der Waals surface area (Å²) >= 11 is 0. The SMILES string of the molecule is C=CCCOCCNC(=O)c1ccc(O)cc1C. The molecule has 0 atom stereocenters. The van der Waals surface area contributed by atoms with Crippen LogP contribution in [0.25, 0.3) is 0 Å². The van der Waals surface area contributed by atoms with Crippen LogP contribution in [-0.4, -0.2) is 30.8 Å². The van der Waals surface area contributed by atoms with Crippen molar-refractivity contribution >= 4 is 5.91 Å². The summed E-state index contributed by atoms with van der Waals surface area (Å²) in [6, 6.07) is 4.68. The minimum atomic E-state index is -0.153. The third-order valence-corrected chi connectivity index (χ3v) is 2.45. The second-order valence-electron chi connectivity index (χ2n) is 3.94. The second-order valence-corrected chi connectivity index (χ2v) is 3.94. The van der Waals surface area contributed by atoms with E-state index in [0.717, 1.165) is 12.0 Å². The lowest BCUT2D eigenvalue weighted by atomic mass is 10.1. The van der Waals surface area contributed by atoms with E-state index in [2.05, 4.69) is 11.9 Å². The predicted octanol–water partition coefficient (Wildman–Crippen LogP) is 2.02. The molecule has 0 bridgehead atoms. The topological polar surface area (TPSA) is 58.6 Å². The van der Waals surface area contributed by atoms with E-state index in [1.165, 1.54) is 6.07 Å². The van der Waals surface area contributed by atoms with E-state index >= 15 is 0 Å². The summed E-state index contributed by atoms with van der Waals surface area (Å²) in [6.07, 6.45) is 2.60. The molecule has 1 aromatic rings. The number of hydrogen-bond acceptors (Lipinski definition) is 3. The van der Waals surface area contributed by atoms with Gasteiger partial charge in [0.25, 0.3) is 5.91 Å². The minimum absolute atomic E-state index is 0.153. The molecule has 0 unspecified atom stereocenters. The molecule has 0 aliphatic carbocycles. The Morgan fingerprint density at radius 1 is 1.50 bits per heavy atom. The zero-order valence-electron chi connectivity index (χ0n) is 10.6. The molecule has 0 fully saturated rings. The van der Waals surface area contributed by atoms with Gasteiger partial charge in [-0.3, -0.25) is 4.79 Å². The van der Waals surface area contributed by atoms with E-state index in [-0.39, 0.29) is 11.7 Å². The maximum Gasteiger partial charge on any atom is 0.251 e. The highest BCUT2D eigenvalue weighted by molar-refractivity contribution is 5.95. The molecule has 18 heavy (non-hydrogen) atoms. The van der Waals surface area contributed by atoms with Gasteiger partial charge in [0.05, 0.1) is 13.2 Å². The quantitative estimate of drug-likeness (QED) is 0.574. The second kappa shape index (κ2) is 7.50. The number of amides is 1. The van der Waals surface area contributed by atoms with Crippen molar-refractivity contribution < 1.29 is 14.6 Å². The van der Waals surface area contributed by atoms with E-state index < -0.39 is 0 Å². The van der Waals surface area contributed by atoms with E-state index in [1.807, 2.05) is 0 Å². The number of hydrogen-bond donors (Lipinski definition) is 2. The Kier molecular flexibility index (Phi) is 5.94. The zero-order valence-corrected chi connectivity index (χ0v) is 10.6. The molecule has 1 aromatic carbocycles. The van der Waals surface area contributed by atoms with Gasteiger partial charge in [0, 0.05) is 12.1 Å². The molecule has 0 aromatic heterocycles. The van der Waals surface area contributed by atoms with Crippen molar-refractivity contribution in [1.82, 2.24) is 5.32 Å². The largest absolute Gasteiger partial charge is 0.508 e. The standard InChI is InChI=1S/C14H19NO3/c1-3-4-8-18-9-7-15-14(17)13-6-5-12(16)10-11(13)2/h3,5-6,10,16H,1,4,7-9H2,2H3,(H,15,17). The molecule has 0 spiro atoms. The van der Waals surface area contributed by atoms with Crippen LogP contribution in [0.15, 0.2) is 30.9 Å². The third kappa shape index (κ3) is 4.59. The molecule has 0 saturated heterocycles. The molecule has 0 aliphatic heterocycles. The first kappa shape index (κ1) is 14.3. The number of phenols is 1. The molecule has 2 N–H and O–H groups in total. The molecule has 4 nitrogen and oxygen atoms in total.